The molecule has 0 unspecified atom stereocenters. The summed E-state index contributed by atoms with van der Waals surface area (Å²) >= 11 is 0. The SMILES string of the molecule is CCOC(=O)c1coc(NC2(CO)CCCCC2)n1. The van der Waals surface area contributed by atoms with Crippen molar-refractivity contribution in [3.63, 3.8) is 0 Å². The quantitative estimate of drug-likeness (QED) is 0.794. The van der Waals surface area contributed by atoms with Gasteiger partial charge in [-0.25, -0.2) is 4.79 Å². The maximum absolute atomic E-state index is 11.5. The predicted octanol–water partition coefficient (Wildman–Crippen LogP) is 1.96. The van der Waals surface area contributed by atoms with Crippen molar-refractivity contribution in [1.29, 1.82) is 0 Å². The molecule has 2 rings (SSSR count). The van der Waals surface area contributed by atoms with Crippen LogP contribution in [0.25, 0.3) is 0 Å². The van der Waals surface area contributed by atoms with Gasteiger partial charge in [-0.05, 0) is 19.8 Å². The lowest BCUT2D eigenvalue weighted by Gasteiger charge is -2.35. The first-order chi connectivity index (χ1) is 9.19. The van der Waals surface area contributed by atoms with Crippen LogP contribution in [-0.2, 0) is 4.74 Å². The molecule has 19 heavy (non-hydrogen) atoms. The summed E-state index contributed by atoms with van der Waals surface area (Å²) in [5, 5.41) is 12.7. The molecule has 0 bridgehead atoms. The molecular weight excluding hydrogens is 248 g/mol. The molecule has 0 saturated heterocycles. The fraction of sp³-hybridized carbons (Fsp3) is 0.692. The summed E-state index contributed by atoms with van der Waals surface area (Å²) < 4.78 is 10.1. The number of anilines is 1. The Morgan fingerprint density at radius 3 is 2.89 bits per heavy atom. The molecule has 1 aliphatic rings. The maximum Gasteiger partial charge on any atom is 0.360 e. The molecular formula is C13H20N2O4. The van der Waals surface area contributed by atoms with Crippen molar-refractivity contribution in [3.8, 4) is 0 Å². The average molecular weight is 268 g/mol. The van der Waals surface area contributed by atoms with Crippen molar-refractivity contribution in [3.05, 3.63) is 12.0 Å². The van der Waals surface area contributed by atoms with Crippen molar-refractivity contribution in [1.82, 2.24) is 4.98 Å². The largest absolute Gasteiger partial charge is 0.461 e. The van der Waals surface area contributed by atoms with Crippen LogP contribution in [0.4, 0.5) is 6.01 Å². The van der Waals surface area contributed by atoms with E-state index in [-0.39, 0.29) is 23.9 Å². The Hall–Kier alpha value is -1.56. The van der Waals surface area contributed by atoms with Crippen molar-refractivity contribution in [2.75, 3.05) is 18.5 Å². The van der Waals surface area contributed by atoms with Gasteiger partial charge in [0.15, 0.2) is 5.69 Å². The highest BCUT2D eigenvalue weighted by Gasteiger charge is 2.32. The lowest BCUT2D eigenvalue weighted by molar-refractivity contribution is 0.0519. The van der Waals surface area contributed by atoms with Crippen molar-refractivity contribution in [2.24, 2.45) is 0 Å². The van der Waals surface area contributed by atoms with Gasteiger partial charge in [0, 0.05) is 0 Å². The molecule has 1 saturated carbocycles. The van der Waals surface area contributed by atoms with Crippen LogP contribution in [0.15, 0.2) is 10.7 Å². The third kappa shape index (κ3) is 3.26. The standard InChI is InChI=1S/C13H20N2O4/c1-2-18-11(17)10-8-19-12(14-10)15-13(9-16)6-4-3-5-7-13/h8,16H,2-7,9H2,1H3,(H,14,15). The van der Waals surface area contributed by atoms with Gasteiger partial charge in [0.25, 0.3) is 6.01 Å². The van der Waals surface area contributed by atoms with Crippen molar-refractivity contribution < 1.29 is 19.1 Å². The Labute approximate surface area is 112 Å². The van der Waals surface area contributed by atoms with E-state index in [2.05, 4.69) is 10.3 Å². The number of aromatic nitrogens is 1. The molecule has 6 nitrogen and oxygen atoms in total. The highest BCUT2D eigenvalue weighted by atomic mass is 16.5. The average Bonchev–Trinajstić information content (AvgIpc) is 2.88. The van der Waals surface area contributed by atoms with Gasteiger partial charge in [-0.1, -0.05) is 19.3 Å². The van der Waals surface area contributed by atoms with E-state index >= 15 is 0 Å². The molecule has 1 heterocycles. The fourth-order valence-electron chi connectivity index (χ4n) is 2.41. The summed E-state index contributed by atoms with van der Waals surface area (Å²) in [4.78, 5) is 15.5. The molecule has 1 aromatic heterocycles. The molecule has 6 heteroatoms. The monoisotopic (exact) mass is 268 g/mol. The zero-order chi connectivity index (χ0) is 13.7. The number of oxazole rings is 1. The summed E-state index contributed by atoms with van der Waals surface area (Å²) in [6.07, 6.45) is 6.34. The van der Waals surface area contributed by atoms with Crippen LogP contribution >= 0.6 is 0 Å². The lowest BCUT2D eigenvalue weighted by atomic mass is 9.82. The van der Waals surface area contributed by atoms with Gasteiger partial charge in [-0.2, -0.15) is 4.98 Å². The number of rotatable bonds is 5. The van der Waals surface area contributed by atoms with Crippen LogP contribution in [-0.4, -0.2) is 34.8 Å². The Balaban J connectivity index is 2.04. The van der Waals surface area contributed by atoms with E-state index < -0.39 is 5.97 Å². The van der Waals surface area contributed by atoms with Crippen LogP contribution in [0.1, 0.15) is 49.5 Å². The van der Waals surface area contributed by atoms with Gasteiger partial charge in [-0.15, -0.1) is 0 Å². The second kappa shape index (κ2) is 6.06. The van der Waals surface area contributed by atoms with Crippen molar-refractivity contribution >= 4 is 12.0 Å². The third-order valence-electron chi connectivity index (χ3n) is 3.47. The van der Waals surface area contributed by atoms with E-state index in [1.807, 2.05) is 0 Å². The van der Waals surface area contributed by atoms with Gasteiger partial charge >= 0.3 is 5.97 Å². The topological polar surface area (TPSA) is 84.6 Å². The van der Waals surface area contributed by atoms with E-state index in [9.17, 15) is 9.90 Å². The first-order valence-electron chi connectivity index (χ1n) is 6.71. The third-order valence-corrected chi connectivity index (χ3v) is 3.47. The number of hydrogen-bond donors (Lipinski definition) is 2. The number of carbonyl (C=O) groups is 1. The van der Waals surface area contributed by atoms with E-state index in [1.54, 1.807) is 6.92 Å². The minimum absolute atomic E-state index is 0.0319. The number of aliphatic hydroxyl groups excluding tert-OH is 1. The van der Waals surface area contributed by atoms with Crippen LogP contribution in [0.3, 0.4) is 0 Å². The molecule has 0 amide bonds. The smallest absolute Gasteiger partial charge is 0.360 e. The number of nitrogens with one attached hydrogen (secondary N) is 1. The zero-order valence-electron chi connectivity index (χ0n) is 11.1. The summed E-state index contributed by atoms with van der Waals surface area (Å²) in [6, 6.07) is 0.263. The van der Waals surface area contributed by atoms with E-state index in [0.29, 0.717) is 6.61 Å². The molecule has 1 aliphatic carbocycles. The minimum atomic E-state index is -0.499. The molecule has 0 radical (unpaired) electrons. The minimum Gasteiger partial charge on any atom is -0.461 e. The molecule has 1 aromatic rings. The number of hydrogen-bond acceptors (Lipinski definition) is 6. The maximum atomic E-state index is 11.5. The fourth-order valence-corrected chi connectivity index (χ4v) is 2.41. The van der Waals surface area contributed by atoms with E-state index in [0.717, 1.165) is 25.7 Å². The van der Waals surface area contributed by atoms with E-state index in [1.165, 1.54) is 12.7 Å². The van der Waals surface area contributed by atoms with Crippen LogP contribution in [0, 0.1) is 0 Å². The first kappa shape index (κ1) is 13.9. The second-order valence-electron chi connectivity index (χ2n) is 4.88. The summed E-state index contributed by atoms with van der Waals surface area (Å²) in [6.45, 7) is 2.07. The Morgan fingerprint density at radius 1 is 1.53 bits per heavy atom. The predicted molar refractivity (Wildman–Crippen MR) is 69.0 cm³/mol. The number of nitrogens with zero attached hydrogens (tertiary/aromatic N) is 1. The molecule has 0 aliphatic heterocycles. The van der Waals surface area contributed by atoms with Gasteiger partial charge in [-0.3, -0.25) is 0 Å². The number of carbonyl (C=O) groups excluding carboxylic acids is 1. The second-order valence-corrected chi connectivity index (χ2v) is 4.88. The zero-order valence-corrected chi connectivity index (χ0v) is 11.1. The van der Waals surface area contributed by atoms with Gasteiger partial charge in [0.05, 0.1) is 18.8 Å². The lowest BCUT2D eigenvalue weighted by Crippen LogP contribution is -2.43. The van der Waals surface area contributed by atoms with Crippen LogP contribution in [0.2, 0.25) is 0 Å². The molecule has 2 N–H and O–H groups in total. The van der Waals surface area contributed by atoms with Crippen LogP contribution in [0.5, 0.6) is 0 Å². The molecule has 0 atom stereocenters. The Kier molecular flexibility index (Phi) is 4.42. The highest BCUT2D eigenvalue weighted by molar-refractivity contribution is 5.87. The van der Waals surface area contributed by atoms with Crippen molar-refractivity contribution in [2.45, 2.75) is 44.6 Å². The van der Waals surface area contributed by atoms with Crippen LogP contribution < -0.4 is 5.32 Å². The normalized spacial score (nSPS) is 18.0. The summed E-state index contributed by atoms with van der Waals surface area (Å²) in [5.41, 5.74) is -0.233. The van der Waals surface area contributed by atoms with E-state index in [4.69, 9.17) is 9.15 Å². The van der Waals surface area contributed by atoms with Gasteiger partial charge in [0.2, 0.25) is 0 Å². The van der Waals surface area contributed by atoms with Gasteiger partial charge in [0.1, 0.15) is 6.26 Å². The van der Waals surface area contributed by atoms with Gasteiger partial charge < -0.3 is 19.6 Å². The molecule has 106 valence electrons. The Bertz CT molecular complexity index is 424. The first-order valence-corrected chi connectivity index (χ1v) is 6.71. The number of esters is 1. The molecule has 1 fully saturated rings. The highest BCUT2D eigenvalue weighted by Crippen LogP contribution is 2.31. The molecule has 0 aromatic carbocycles. The number of aliphatic hydroxyl groups is 1. The summed E-state index contributed by atoms with van der Waals surface area (Å²) in [5.74, 6) is -0.499. The molecule has 0 spiro atoms. The Morgan fingerprint density at radius 2 is 2.26 bits per heavy atom. The number of ether oxygens (including phenoxy) is 1. The summed E-state index contributed by atoms with van der Waals surface area (Å²) in [7, 11) is 0.